The summed E-state index contributed by atoms with van der Waals surface area (Å²) >= 11 is 11.6. The molecule has 0 fully saturated rings. The zero-order valence-electron chi connectivity index (χ0n) is 23.2. The Bertz CT molecular complexity index is 1440. The van der Waals surface area contributed by atoms with Gasteiger partial charge < -0.3 is 0 Å². The van der Waals surface area contributed by atoms with Crippen LogP contribution in [-0.4, -0.2) is 0 Å². The Morgan fingerprint density at radius 1 is 0.375 bits per heavy atom. The van der Waals surface area contributed by atoms with Crippen LogP contribution in [0.5, 0.6) is 0 Å². The molecule has 4 aromatic heterocycles. The minimum atomic E-state index is 1.08. The van der Waals surface area contributed by atoms with Crippen LogP contribution >= 0.6 is 68.9 Å². The largest absolute Gasteiger partial charge is 0.140 e. The number of thioether (sulfide) groups is 2. The second-order valence-corrected chi connectivity index (χ2v) is 16.5. The lowest BCUT2D eigenvalue weighted by Gasteiger charge is -2.20. The monoisotopic (exact) mass is 632 g/mol. The Kier molecular flexibility index (Phi) is 8.92. The van der Waals surface area contributed by atoms with E-state index in [0.29, 0.717) is 0 Å². The van der Waals surface area contributed by atoms with Gasteiger partial charge in [-0.3, -0.25) is 0 Å². The lowest BCUT2D eigenvalue weighted by Crippen LogP contribution is -1.95. The normalized spacial score (nSPS) is 15.7. The van der Waals surface area contributed by atoms with E-state index in [1.54, 1.807) is 0 Å². The van der Waals surface area contributed by atoms with Gasteiger partial charge in [0.15, 0.2) is 0 Å². The maximum absolute atomic E-state index is 2.43. The van der Waals surface area contributed by atoms with E-state index in [9.17, 15) is 0 Å². The Balaban J connectivity index is 1.52. The zero-order valence-corrected chi connectivity index (χ0v) is 28.1. The van der Waals surface area contributed by atoms with Gasteiger partial charge in [0.1, 0.15) is 0 Å². The minimum Gasteiger partial charge on any atom is -0.140 e. The van der Waals surface area contributed by atoms with Gasteiger partial charge in [0.05, 0.1) is 0 Å². The molecule has 0 bridgehead atoms. The molecule has 0 spiro atoms. The number of aryl methyl sites for hydroxylation is 4. The molecule has 0 nitrogen and oxygen atoms in total. The van der Waals surface area contributed by atoms with E-state index in [2.05, 4.69) is 101 Å². The van der Waals surface area contributed by atoms with Crippen molar-refractivity contribution in [1.82, 2.24) is 0 Å². The molecular weight excluding hydrogens is 601 g/mol. The van der Waals surface area contributed by atoms with Crippen molar-refractivity contribution in [1.29, 1.82) is 0 Å². The molecule has 2 aliphatic rings. The third kappa shape index (κ3) is 6.04. The summed E-state index contributed by atoms with van der Waals surface area (Å²) in [6, 6.07) is 18.4. The predicted molar refractivity (Wildman–Crippen MR) is 189 cm³/mol. The number of thiophene rings is 4. The zero-order chi connectivity index (χ0) is 27.6. The summed E-state index contributed by atoms with van der Waals surface area (Å²) in [5, 5.41) is 0. The highest BCUT2D eigenvalue weighted by atomic mass is 32.2. The van der Waals surface area contributed by atoms with Crippen molar-refractivity contribution in [3.63, 3.8) is 0 Å². The summed E-state index contributed by atoms with van der Waals surface area (Å²) in [6.45, 7) is 8.98. The van der Waals surface area contributed by atoms with Crippen LogP contribution in [0.2, 0.25) is 0 Å². The molecule has 2 aliphatic heterocycles. The first-order valence-electron chi connectivity index (χ1n) is 13.9. The van der Waals surface area contributed by atoms with Crippen LogP contribution in [0.4, 0.5) is 0 Å². The Labute approximate surface area is 263 Å². The van der Waals surface area contributed by atoms with E-state index < -0.39 is 0 Å². The van der Waals surface area contributed by atoms with Gasteiger partial charge in [-0.15, -0.1) is 45.3 Å². The summed E-state index contributed by atoms with van der Waals surface area (Å²) in [7, 11) is 0. The summed E-state index contributed by atoms with van der Waals surface area (Å²) in [5.74, 6) is 0. The average Bonchev–Trinajstić information content (AvgIpc) is 3.82. The quantitative estimate of drug-likeness (QED) is 0.190. The fourth-order valence-corrected chi connectivity index (χ4v) is 10.9. The number of allylic oxidation sites excluding steroid dienone is 6. The number of hydrogen-bond acceptors (Lipinski definition) is 6. The molecule has 0 radical (unpaired) electrons. The first-order valence-corrected chi connectivity index (χ1v) is 18.8. The lowest BCUT2D eigenvalue weighted by molar-refractivity contribution is 1.19. The highest BCUT2D eigenvalue weighted by Gasteiger charge is 2.22. The molecule has 0 saturated heterocycles. The average molecular weight is 633 g/mol. The predicted octanol–water partition coefficient (Wildman–Crippen LogP) is 12.4. The SMILES string of the molecule is CCc1ccc(C2=CC(=C3C=C(c4ccc(CC)s4)SC(c4ccc(CC)s4)=C3)C=C(c3ccc(CC)s3)S2)s1. The third-order valence-electron chi connectivity index (χ3n) is 6.93. The molecule has 4 aromatic rings. The van der Waals surface area contributed by atoms with Crippen molar-refractivity contribution in [2.75, 3.05) is 0 Å². The minimum absolute atomic E-state index is 1.08. The first kappa shape index (κ1) is 28.3. The highest BCUT2D eigenvalue weighted by Crippen LogP contribution is 2.51. The molecule has 0 aliphatic carbocycles. The highest BCUT2D eigenvalue weighted by molar-refractivity contribution is 8.17. The van der Waals surface area contributed by atoms with Crippen LogP contribution < -0.4 is 0 Å². The molecule has 0 N–H and O–H groups in total. The van der Waals surface area contributed by atoms with E-state index in [-0.39, 0.29) is 0 Å². The van der Waals surface area contributed by atoms with E-state index >= 15 is 0 Å². The molecule has 204 valence electrons. The van der Waals surface area contributed by atoms with E-state index in [1.807, 2.05) is 68.9 Å². The molecule has 0 amide bonds. The molecule has 0 unspecified atom stereocenters. The van der Waals surface area contributed by atoms with Gasteiger partial charge >= 0.3 is 0 Å². The Morgan fingerprint density at radius 3 is 0.825 bits per heavy atom. The van der Waals surface area contributed by atoms with E-state index in [0.717, 1.165) is 25.7 Å². The fraction of sp³-hybridized carbons (Fsp3) is 0.235. The summed E-state index contributed by atoms with van der Waals surface area (Å²) in [5.41, 5.74) is 2.60. The molecule has 6 rings (SSSR count). The van der Waals surface area contributed by atoms with Crippen LogP contribution in [-0.2, 0) is 25.7 Å². The second kappa shape index (κ2) is 12.6. The maximum Gasteiger partial charge on any atom is 0.0413 e. The smallest absolute Gasteiger partial charge is 0.0413 e. The van der Waals surface area contributed by atoms with Crippen molar-refractivity contribution in [3.8, 4) is 0 Å². The maximum atomic E-state index is 2.43. The molecule has 6 heteroatoms. The topological polar surface area (TPSA) is 0 Å². The van der Waals surface area contributed by atoms with Gasteiger partial charge in [-0.1, -0.05) is 51.2 Å². The van der Waals surface area contributed by atoms with E-state index in [4.69, 9.17) is 0 Å². The molecule has 40 heavy (non-hydrogen) atoms. The van der Waals surface area contributed by atoms with Gasteiger partial charge in [-0.05, 0) is 110 Å². The van der Waals surface area contributed by atoms with E-state index in [1.165, 1.54) is 69.8 Å². The van der Waals surface area contributed by atoms with Crippen LogP contribution in [0, 0.1) is 0 Å². The van der Waals surface area contributed by atoms with Crippen molar-refractivity contribution in [3.05, 3.63) is 123 Å². The molecular formula is C34H32S6. The van der Waals surface area contributed by atoms with Crippen LogP contribution in [0.3, 0.4) is 0 Å². The number of hydrogen-bond donors (Lipinski definition) is 0. The van der Waals surface area contributed by atoms with Gasteiger partial charge in [-0.25, -0.2) is 0 Å². The van der Waals surface area contributed by atoms with Gasteiger partial charge in [0, 0.05) is 58.6 Å². The Morgan fingerprint density at radius 2 is 0.625 bits per heavy atom. The van der Waals surface area contributed by atoms with Crippen molar-refractivity contribution in [2.45, 2.75) is 53.4 Å². The van der Waals surface area contributed by atoms with Gasteiger partial charge in [0.2, 0.25) is 0 Å². The molecule has 6 heterocycles. The third-order valence-corrected chi connectivity index (χ3v) is 14.7. The van der Waals surface area contributed by atoms with Gasteiger partial charge in [-0.2, -0.15) is 0 Å². The first-order chi connectivity index (χ1) is 19.6. The molecule has 0 atom stereocenters. The van der Waals surface area contributed by atoms with Gasteiger partial charge in [0.25, 0.3) is 0 Å². The van der Waals surface area contributed by atoms with Crippen molar-refractivity contribution in [2.24, 2.45) is 0 Å². The standard InChI is InChI=1S/C34H32S6/c1-5-23-9-13-27(35-23)31-17-21(18-32(39-31)28-14-10-24(6-2)36-28)22-19-33(29-15-11-25(7-3)37-29)40-34(20-22)30-16-12-26(8-4)38-30/h9-20H,5-8H2,1-4H3. The van der Waals surface area contributed by atoms with Crippen molar-refractivity contribution >= 4 is 88.5 Å². The van der Waals surface area contributed by atoms with Crippen LogP contribution in [0.25, 0.3) is 19.6 Å². The number of rotatable bonds is 8. The lowest BCUT2D eigenvalue weighted by atomic mass is 10.0. The summed E-state index contributed by atoms with van der Waals surface area (Å²) < 4.78 is 0. The summed E-state index contributed by atoms with van der Waals surface area (Å²) in [6.07, 6.45) is 14.1. The van der Waals surface area contributed by atoms with Crippen molar-refractivity contribution < 1.29 is 0 Å². The van der Waals surface area contributed by atoms with Crippen LogP contribution in [0.15, 0.2) is 84.0 Å². The summed E-state index contributed by atoms with van der Waals surface area (Å²) in [4.78, 5) is 16.7. The fourth-order valence-electron chi connectivity index (χ4n) is 4.62. The van der Waals surface area contributed by atoms with Crippen LogP contribution in [0.1, 0.15) is 66.7 Å². The molecule has 0 saturated carbocycles. The Hall–Kier alpha value is -1.80. The molecule has 0 aromatic carbocycles. The second-order valence-electron chi connectivity index (χ2n) is 9.63.